The maximum atomic E-state index is 13.2. The van der Waals surface area contributed by atoms with E-state index in [1.54, 1.807) is 18.2 Å². The number of sulfonamides is 1. The van der Waals surface area contributed by atoms with Gasteiger partial charge in [-0.1, -0.05) is 66.7 Å². The molecule has 0 saturated heterocycles. The first-order chi connectivity index (χ1) is 19.6. The van der Waals surface area contributed by atoms with Gasteiger partial charge in [-0.25, -0.2) is 13.2 Å². The number of anilines is 1. The van der Waals surface area contributed by atoms with Crippen molar-refractivity contribution in [3.63, 3.8) is 0 Å². The zero-order valence-corrected chi connectivity index (χ0v) is 27.0. The molecule has 232 valence electrons. The summed E-state index contributed by atoms with van der Waals surface area (Å²) in [5.74, 6) is 0.132. The lowest BCUT2D eigenvalue weighted by molar-refractivity contribution is 0.158. The Balaban J connectivity index is -0.000000550. The number of benzene rings is 1. The molecule has 3 N–H and O–H groups in total. The minimum atomic E-state index is -3.75. The average Bonchev–Trinajstić information content (AvgIpc) is 3.36. The predicted octanol–water partition coefficient (Wildman–Crippen LogP) is 6.88. The lowest BCUT2D eigenvalue weighted by Gasteiger charge is -2.24. The van der Waals surface area contributed by atoms with Crippen LogP contribution in [0.3, 0.4) is 0 Å². The van der Waals surface area contributed by atoms with Crippen molar-refractivity contribution in [2.24, 2.45) is 5.92 Å². The van der Waals surface area contributed by atoms with Crippen molar-refractivity contribution < 1.29 is 22.4 Å². The second kappa shape index (κ2) is 29.3. The first-order valence-electron chi connectivity index (χ1n) is 13.6. The Morgan fingerprint density at radius 1 is 1.17 bits per heavy atom. The van der Waals surface area contributed by atoms with Crippen molar-refractivity contribution in [1.29, 1.82) is 0 Å². The number of alkyl carbamates (subject to hydrolysis) is 1. The molecule has 0 atom stereocenters. The number of nitrogens with zero attached hydrogens (tertiary/aromatic N) is 2. The first kappa shape index (κ1) is 44.3. The van der Waals surface area contributed by atoms with Gasteiger partial charge in [-0.15, -0.1) is 32.3 Å². The van der Waals surface area contributed by atoms with Crippen molar-refractivity contribution in [3.8, 4) is 25.7 Å². The summed E-state index contributed by atoms with van der Waals surface area (Å²) in [6, 6.07) is 4.48. The Bertz CT molecular complexity index is 1100. The van der Waals surface area contributed by atoms with E-state index in [2.05, 4.69) is 42.6 Å². The third kappa shape index (κ3) is 19.9. The van der Waals surface area contributed by atoms with E-state index in [1.807, 2.05) is 61.5 Å². The van der Waals surface area contributed by atoms with Gasteiger partial charge in [0.1, 0.15) is 12.1 Å². The molecular weight excluding hydrogens is 540 g/mol. The lowest BCUT2D eigenvalue weighted by Crippen LogP contribution is -2.37. The molecule has 0 aliphatic rings. The Labute approximate surface area is 249 Å². The highest BCUT2D eigenvalue weighted by atomic mass is 32.2. The van der Waals surface area contributed by atoms with Crippen LogP contribution in [0.1, 0.15) is 68.2 Å². The number of rotatable bonds is 11. The summed E-state index contributed by atoms with van der Waals surface area (Å²) in [7, 11) is -3.75. The largest absolute Gasteiger partial charge is 0.445 e. The predicted molar refractivity (Wildman–Crippen MR) is 174 cm³/mol. The number of nitrogens with two attached hydrogens (primary N) is 1. The molecule has 0 fully saturated rings. The summed E-state index contributed by atoms with van der Waals surface area (Å²) >= 11 is 0. The van der Waals surface area contributed by atoms with Gasteiger partial charge in [0.05, 0.1) is 4.90 Å². The van der Waals surface area contributed by atoms with Crippen LogP contribution in [-0.2, 0) is 14.8 Å². The minimum absolute atomic E-state index is 0.0123. The highest BCUT2D eigenvalue weighted by Gasteiger charge is 2.25. The number of hydrogen-bond acceptors (Lipinski definition) is 7. The summed E-state index contributed by atoms with van der Waals surface area (Å²) in [6.45, 7) is 20.3. The number of aromatic nitrogens is 1. The number of allylic oxidation sites excluding steroid dienone is 2. The van der Waals surface area contributed by atoms with Gasteiger partial charge in [0.2, 0.25) is 10.0 Å². The molecule has 41 heavy (non-hydrogen) atoms. The Morgan fingerprint density at radius 2 is 1.73 bits per heavy atom. The zero-order valence-electron chi connectivity index (χ0n) is 26.2. The quantitative estimate of drug-likeness (QED) is 0.165. The standard InChI is InChI=1S/C20H30N4O5S.C3H6.2C2H6.2C2H2/c1-4-5-6-12-28-20(25)22-10-7-11-24(14-15(2)3)30(26,27)16-8-9-17-18(13-16)29-19(21)23-17;1-3-2;4*1-2/h5-6,8-9,13,15H,4,7,10-12,14H2,1-3H3,(H2,21,23)(H,22,25);3H,1H2,2H3;2*1-2H3;2*1-2H/b6-5+;;;;;. The number of nitrogens with one attached hydrogen (secondary N) is 1. The number of fused-ring (bicyclic) bond motifs is 1. The molecule has 0 aliphatic heterocycles. The van der Waals surface area contributed by atoms with E-state index in [0.29, 0.717) is 30.6 Å². The normalized spacial score (nSPS) is 9.71. The van der Waals surface area contributed by atoms with Crippen LogP contribution < -0.4 is 11.1 Å². The van der Waals surface area contributed by atoms with Crippen molar-refractivity contribution >= 4 is 33.2 Å². The number of ether oxygens (including phenoxy) is 1. The maximum Gasteiger partial charge on any atom is 0.407 e. The Kier molecular flexibility index (Phi) is 31.6. The monoisotopic (exact) mass is 592 g/mol. The molecule has 0 saturated carbocycles. The van der Waals surface area contributed by atoms with Crippen LogP contribution in [0.5, 0.6) is 0 Å². The topological polar surface area (TPSA) is 128 Å². The van der Waals surface area contributed by atoms with Gasteiger partial charge in [0, 0.05) is 25.7 Å². The molecule has 9 nitrogen and oxygen atoms in total. The third-order valence-corrected chi connectivity index (χ3v) is 6.01. The molecule has 2 rings (SSSR count). The van der Waals surface area contributed by atoms with Crippen molar-refractivity contribution in [1.82, 2.24) is 14.6 Å². The van der Waals surface area contributed by atoms with E-state index in [1.165, 1.54) is 16.4 Å². The minimum Gasteiger partial charge on any atom is -0.445 e. The lowest BCUT2D eigenvalue weighted by atomic mass is 10.2. The summed E-state index contributed by atoms with van der Waals surface area (Å²) in [5.41, 5.74) is 6.36. The molecule has 1 amide bonds. The molecule has 0 spiro atoms. The Morgan fingerprint density at radius 3 is 2.24 bits per heavy atom. The second-order valence-electron chi connectivity index (χ2n) is 7.61. The Hall–Kier alpha value is -3.73. The number of nitrogen functional groups attached to an aromatic ring is 1. The molecular formula is C31H52N4O5S. The van der Waals surface area contributed by atoms with Gasteiger partial charge < -0.3 is 20.2 Å². The highest BCUT2D eigenvalue weighted by Crippen LogP contribution is 2.24. The van der Waals surface area contributed by atoms with Crippen LogP contribution in [0.15, 0.2) is 52.3 Å². The van der Waals surface area contributed by atoms with E-state index in [9.17, 15) is 13.2 Å². The first-order valence-corrected chi connectivity index (χ1v) is 15.0. The van der Waals surface area contributed by atoms with Crippen LogP contribution in [0.2, 0.25) is 0 Å². The number of carbonyl (C=O) groups is 1. The zero-order chi connectivity index (χ0) is 32.9. The number of amides is 1. The van der Waals surface area contributed by atoms with Gasteiger partial charge in [-0.2, -0.15) is 9.29 Å². The summed E-state index contributed by atoms with van der Waals surface area (Å²) in [6.07, 6.45) is 22.2. The summed E-state index contributed by atoms with van der Waals surface area (Å²) in [5, 5.41) is 2.63. The van der Waals surface area contributed by atoms with Crippen LogP contribution in [-0.4, -0.2) is 50.0 Å². The average molecular weight is 593 g/mol. The van der Waals surface area contributed by atoms with Crippen molar-refractivity contribution in [2.75, 3.05) is 32.0 Å². The fourth-order valence-electron chi connectivity index (χ4n) is 2.80. The van der Waals surface area contributed by atoms with E-state index in [-0.39, 0.29) is 30.0 Å². The molecule has 2 aromatic rings. The fourth-order valence-corrected chi connectivity index (χ4v) is 4.46. The molecule has 1 heterocycles. The van der Waals surface area contributed by atoms with E-state index in [4.69, 9.17) is 14.9 Å². The molecule has 1 aromatic heterocycles. The van der Waals surface area contributed by atoms with Crippen LogP contribution in [0.4, 0.5) is 10.8 Å². The summed E-state index contributed by atoms with van der Waals surface area (Å²) < 4.78 is 38.0. The summed E-state index contributed by atoms with van der Waals surface area (Å²) in [4.78, 5) is 15.7. The molecule has 0 bridgehead atoms. The van der Waals surface area contributed by atoms with Crippen LogP contribution >= 0.6 is 0 Å². The van der Waals surface area contributed by atoms with Gasteiger partial charge in [-0.3, -0.25) is 0 Å². The molecule has 0 radical (unpaired) electrons. The number of hydrogen-bond donors (Lipinski definition) is 2. The van der Waals surface area contributed by atoms with E-state index >= 15 is 0 Å². The third-order valence-electron chi connectivity index (χ3n) is 4.15. The number of terminal acetylenes is 2. The van der Waals surface area contributed by atoms with E-state index in [0.717, 1.165) is 6.42 Å². The molecule has 0 aliphatic carbocycles. The van der Waals surface area contributed by atoms with Gasteiger partial charge in [0.15, 0.2) is 5.58 Å². The van der Waals surface area contributed by atoms with Crippen molar-refractivity contribution in [2.45, 2.75) is 73.1 Å². The second-order valence-corrected chi connectivity index (χ2v) is 9.54. The molecule has 10 heteroatoms. The smallest absolute Gasteiger partial charge is 0.407 e. The molecule has 1 aromatic carbocycles. The van der Waals surface area contributed by atoms with Gasteiger partial charge in [-0.05, 0) is 37.8 Å². The fraction of sp³-hybridized carbons (Fsp3) is 0.484. The molecule has 0 unspecified atom stereocenters. The number of carbonyl (C=O) groups excluding carboxylic acids is 1. The highest BCUT2D eigenvalue weighted by molar-refractivity contribution is 7.89. The van der Waals surface area contributed by atoms with Crippen LogP contribution in [0.25, 0.3) is 11.1 Å². The van der Waals surface area contributed by atoms with E-state index < -0.39 is 16.1 Å². The van der Waals surface area contributed by atoms with Crippen LogP contribution in [0, 0.1) is 31.6 Å². The van der Waals surface area contributed by atoms with Crippen molar-refractivity contribution in [3.05, 3.63) is 43.0 Å². The number of oxazole rings is 1. The van der Waals surface area contributed by atoms with Gasteiger partial charge in [0.25, 0.3) is 6.01 Å². The SMILES string of the molecule is C#C.C#C.C=CC.CC.CC.CC/C=C/COC(=O)NCCCN(CC(C)C)S(=O)(=O)c1ccc2nc(N)oc2c1. The van der Waals surface area contributed by atoms with Gasteiger partial charge >= 0.3 is 6.09 Å². The maximum absolute atomic E-state index is 13.2.